The predicted octanol–water partition coefficient (Wildman–Crippen LogP) is 4.63. The number of aromatic nitrogens is 1. The Morgan fingerprint density at radius 2 is 1.76 bits per heavy atom. The van der Waals surface area contributed by atoms with Crippen LogP contribution in [-0.2, 0) is 0 Å². The summed E-state index contributed by atoms with van der Waals surface area (Å²) in [6, 6.07) is 12.5. The Labute approximate surface area is 126 Å². The van der Waals surface area contributed by atoms with Crippen molar-refractivity contribution in [2.75, 3.05) is 5.32 Å². The Balaban J connectivity index is 1.84. The number of hydrogen-bond donors (Lipinski definition) is 1. The van der Waals surface area contributed by atoms with Crippen LogP contribution in [0.2, 0.25) is 0 Å². The molecule has 1 aliphatic carbocycles. The van der Waals surface area contributed by atoms with Crippen LogP contribution >= 0.6 is 0 Å². The molecular formula is C18H21N3. The topological polar surface area (TPSA) is 48.7 Å². The fourth-order valence-corrected chi connectivity index (χ4v) is 3.15. The van der Waals surface area contributed by atoms with Crippen LogP contribution in [0.25, 0.3) is 10.9 Å². The lowest BCUT2D eigenvalue weighted by Crippen LogP contribution is -2.21. The SMILES string of the molecule is N#Cc1cc(NC2CCCCCCC2)nc2ccccc12. The third-order valence-corrected chi connectivity index (χ3v) is 4.29. The van der Waals surface area contributed by atoms with Crippen LogP contribution in [0.15, 0.2) is 30.3 Å². The summed E-state index contributed by atoms with van der Waals surface area (Å²) in [6.07, 6.45) is 9.04. The van der Waals surface area contributed by atoms with Gasteiger partial charge in [0.25, 0.3) is 0 Å². The Hall–Kier alpha value is -2.08. The van der Waals surface area contributed by atoms with Gasteiger partial charge in [-0.05, 0) is 25.0 Å². The smallest absolute Gasteiger partial charge is 0.128 e. The minimum absolute atomic E-state index is 0.491. The second-order valence-electron chi connectivity index (χ2n) is 5.87. The van der Waals surface area contributed by atoms with E-state index in [-0.39, 0.29) is 0 Å². The van der Waals surface area contributed by atoms with Crippen molar-refractivity contribution in [3.8, 4) is 6.07 Å². The van der Waals surface area contributed by atoms with Crippen molar-refractivity contribution < 1.29 is 0 Å². The number of para-hydroxylation sites is 1. The van der Waals surface area contributed by atoms with Crippen molar-refractivity contribution in [1.82, 2.24) is 4.98 Å². The second-order valence-corrected chi connectivity index (χ2v) is 5.87. The van der Waals surface area contributed by atoms with Crippen LogP contribution in [-0.4, -0.2) is 11.0 Å². The first-order chi connectivity index (χ1) is 10.4. The van der Waals surface area contributed by atoms with Gasteiger partial charge in [-0.25, -0.2) is 4.98 Å². The number of nitriles is 1. The number of nitrogens with zero attached hydrogens (tertiary/aromatic N) is 2. The average Bonchev–Trinajstić information content (AvgIpc) is 2.49. The van der Waals surface area contributed by atoms with E-state index in [2.05, 4.69) is 16.4 Å². The molecule has 2 aromatic rings. The highest BCUT2D eigenvalue weighted by molar-refractivity contribution is 5.86. The molecule has 1 saturated carbocycles. The lowest BCUT2D eigenvalue weighted by Gasteiger charge is -2.21. The molecule has 1 fully saturated rings. The van der Waals surface area contributed by atoms with Crippen molar-refractivity contribution in [2.24, 2.45) is 0 Å². The first kappa shape index (κ1) is 13.9. The number of fused-ring (bicyclic) bond motifs is 1. The summed E-state index contributed by atoms with van der Waals surface area (Å²) in [4.78, 5) is 4.67. The Morgan fingerprint density at radius 3 is 2.52 bits per heavy atom. The van der Waals surface area contributed by atoms with Crippen LogP contribution in [0.5, 0.6) is 0 Å². The van der Waals surface area contributed by atoms with Crippen molar-refractivity contribution in [3.63, 3.8) is 0 Å². The molecule has 0 saturated heterocycles. The van der Waals surface area contributed by atoms with Crippen LogP contribution < -0.4 is 5.32 Å². The van der Waals surface area contributed by atoms with Crippen molar-refractivity contribution >= 4 is 16.7 Å². The average molecular weight is 279 g/mol. The van der Waals surface area contributed by atoms with Crippen LogP contribution in [0.1, 0.15) is 50.5 Å². The van der Waals surface area contributed by atoms with Crippen LogP contribution in [0.3, 0.4) is 0 Å². The molecule has 0 radical (unpaired) electrons. The lowest BCUT2D eigenvalue weighted by atomic mass is 9.96. The Bertz CT molecular complexity index is 649. The first-order valence-electron chi connectivity index (χ1n) is 7.93. The molecule has 1 aliphatic rings. The molecule has 108 valence electrons. The first-order valence-corrected chi connectivity index (χ1v) is 7.93. The molecule has 0 amide bonds. The standard InChI is InChI=1S/C18H21N3/c19-13-14-12-18(21-17-11-7-6-10-16(14)17)20-15-8-4-2-1-3-5-9-15/h6-7,10-12,15H,1-5,8-9H2,(H,20,21). The molecule has 0 spiro atoms. The van der Waals surface area contributed by atoms with Gasteiger partial charge in [-0.3, -0.25) is 0 Å². The monoisotopic (exact) mass is 279 g/mol. The Kier molecular flexibility index (Phi) is 4.35. The molecular weight excluding hydrogens is 258 g/mol. The van der Waals surface area contributed by atoms with Gasteiger partial charge in [0.2, 0.25) is 0 Å². The lowest BCUT2D eigenvalue weighted by molar-refractivity contribution is 0.471. The van der Waals surface area contributed by atoms with Crippen molar-refractivity contribution in [2.45, 2.75) is 51.0 Å². The normalized spacial score (nSPS) is 16.9. The number of hydrogen-bond acceptors (Lipinski definition) is 3. The fraction of sp³-hybridized carbons (Fsp3) is 0.444. The summed E-state index contributed by atoms with van der Waals surface area (Å²) in [6.45, 7) is 0. The molecule has 0 atom stereocenters. The van der Waals surface area contributed by atoms with Gasteiger partial charge in [0, 0.05) is 11.4 Å². The van der Waals surface area contributed by atoms with Crippen LogP contribution in [0.4, 0.5) is 5.82 Å². The van der Waals surface area contributed by atoms with Crippen molar-refractivity contribution in [3.05, 3.63) is 35.9 Å². The van der Waals surface area contributed by atoms with Crippen LogP contribution in [0, 0.1) is 11.3 Å². The number of pyridine rings is 1. The van der Waals surface area contributed by atoms with E-state index in [0.717, 1.165) is 16.7 Å². The highest BCUT2D eigenvalue weighted by atomic mass is 15.0. The summed E-state index contributed by atoms with van der Waals surface area (Å²) < 4.78 is 0. The zero-order valence-electron chi connectivity index (χ0n) is 12.3. The summed E-state index contributed by atoms with van der Waals surface area (Å²) >= 11 is 0. The van der Waals surface area contributed by atoms with E-state index in [1.54, 1.807) is 0 Å². The zero-order chi connectivity index (χ0) is 14.5. The van der Waals surface area contributed by atoms with E-state index >= 15 is 0 Å². The second kappa shape index (κ2) is 6.58. The highest BCUT2D eigenvalue weighted by Crippen LogP contribution is 2.23. The third kappa shape index (κ3) is 3.33. The van der Waals surface area contributed by atoms with Gasteiger partial charge in [-0.2, -0.15) is 5.26 Å². The molecule has 0 bridgehead atoms. The van der Waals surface area contributed by atoms with E-state index in [1.165, 1.54) is 44.9 Å². The summed E-state index contributed by atoms with van der Waals surface area (Å²) in [5, 5.41) is 13.8. The molecule has 3 nitrogen and oxygen atoms in total. The zero-order valence-corrected chi connectivity index (χ0v) is 12.3. The number of rotatable bonds is 2. The maximum Gasteiger partial charge on any atom is 0.128 e. The van der Waals surface area contributed by atoms with E-state index in [9.17, 15) is 5.26 Å². The summed E-state index contributed by atoms with van der Waals surface area (Å²) in [7, 11) is 0. The van der Waals surface area contributed by atoms with E-state index in [4.69, 9.17) is 0 Å². The minimum Gasteiger partial charge on any atom is -0.367 e. The molecule has 0 unspecified atom stereocenters. The highest BCUT2D eigenvalue weighted by Gasteiger charge is 2.13. The maximum atomic E-state index is 9.34. The summed E-state index contributed by atoms with van der Waals surface area (Å²) in [5.74, 6) is 0.843. The number of nitrogens with one attached hydrogen (secondary N) is 1. The molecule has 3 heteroatoms. The molecule has 3 rings (SSSR count). The molecule has 21 heavy (non-hydrogen) atoms. The van der Waals surface area contributed by atoms with E-state index < -0.39 is 0 Å². The van der Waals surface area contributed by atoms with Gasteiger partial charge >= 0.3 is 0 Å². The van der Waals surface area contributed by atoms with Gasteiger partial charge < -0.3 is 5.32 Å². The fourth-order valence-electron chi connectivity index (χ4n) is 3.15. The van der Waals surface area contributed by atoms with Gasteiger partial charge in [0.1, 0.15) is 5.82 Å². The predicted molar refractivity (Wildman–Crippen MR) is 86.2 cm³/mol. The molecule has 1 aromatic carbocycles. The van der Waals surface area contributed by atoms with E-state index in [0.29, 0.717) is 11.6 Å². The summed E-state index contributed by atoms with van der Waals surface area (Å²) in [5.41, 5.74) is 1.60. The Morgan fingerprint density at radius 1 is 1.05 bits per heavy atom. The molecule has 1 N–H and O–H groups in total. The molecule has 1 heterocycles. The van der Waals surface area contributed by atoms with Gasteiger partial charge in [0.05, 0.1) is 17.1 Å². The van der Waals surface area contributed by atoms with Gasteiger partial charge in [-0.1, -0.05) is 50.3 Å². The maximum absolute atomic E-state index is 9.34. The van der Waals surface area contributed by atoms with Gasteiger partial charge in [-0.15, -0.1) is 0 Å². The minimum atomic E-state index is 0.491. The molecule has 1 aromatic heterocycles. The number of benzene rings is 1. The van der Waals surface area contributed by atoms with E-state index in [1.807, 2.05) is 30.3 Å². The quantitative estimate of drug-likeness (QED) is 0.871. The van der Waals surface area contributed by atoms with Gasteiger partial charge in [0.15, 0.2) is 0 Å². The molecule has 0 aliphatic heterocycles. The van der Waals surface area contributed by atoms with Crippen molar-refractivity contribution in [1.29, 1.82) is 5.26 Å². The largest absolute Gasteiger partial charge is 0.367 e. The number of anilines is 1. The third-order valence-electron chi connectivity index (χ3n) is 4.29.